The number of hydrogen-bond donors (Lipinski definition) is 6. The van der Waals surface area contributed by atoms with E-state index in [2.05, 4.69) is 10.5 Å². The molecule has 4 aromatic rings. The van der Waals surface area contributed by atoms with Crippen LogP contribution in [-0.2, 0) is 12.8 Å². The number of ketones is 2. The number of nitrogens with zero attached hydrogens (tertiary/aromatic N) is 1. The van der Waals surface area contributed by atoms with Gasteiger partial charge < -0.3 is 30.3 Å². The number of rotatable bonds is 5. The van der Waals surface area contributed by atoms with Crippen molar-refractivity contribution in [2.24, 2.45) is 5.10 Å². The second-order valence-electron chi connectivity index (χ2n) is 10.5. The van der Waals surface area contributed by atoms with Crippen LogP contribution in [0.2, 0.25) is 0 Å². The smallest absolute Gasteiger partial charge is 0.340 e. The molecule has 6 N–H and O–H groups in total. The number of phenols is 4. The highest BCUT2D eigenvalue weighted by Gasteiger charge is 2.42. The van der Waals surface area contributed by atoms with Crippen molar-refractivity contribution in [3.8, 4) is 39.9 Å². The lowest BCUT2D eigenvalue weighted by Gasteiger charge is -2.30. The van der Waals surface area contributed by atoms with E-state index in [4.69, 9.17) is 4.74 Å². The zero-order valence-corrected chi connectivity index (χ0v) is 23.8. The van der Waals surface area contributed by atoms with Crippen molar-refractivity contribution in [1.82, 2.24) is 5.43 Å². The number of ether oxygens (including phenoxy) is 1. The number of aryl methyl sites for hydroxylation is 1. The van der Waals surface area contributed by atoms with Gasteiger partial charge in [0.15, 0.2) is 5.78 Å². The number of carbonyl (C=O) groups is 4. The zero-order chi connectivity index (χ0) is 32.3. The summed E-state index contributed by atoms with van der Waals surface area (Å²) in [6.45, 7) is 1.37. The third kappa shape index (κ3) is 4.26. The summed E-state index contributed by atoms with van der Waals surface area (Å²) in [5.74, 6) is -6.35. The first-order valence-corrected chi connectivity index (χ1v) is 13.6. The number of methoxy groups -OCH3 is 1. The standard InChI is InChI=1S/C33H24N2O10/c1-13-19(36)11-18-23(26(13)37)30(41)25-24(27(18)38)29(40)22-17(31(25)45-2)9-8-15-10-16(21(33(43)44)28(39)20(15)22)12-34-35-32(42)14-6-4-3-5-7-14/h3-7,10-12,36-37,39-40H,8-9H2,1-2H3,(H,35,42)(H,43,44)/b34-12-. The lowest BCUT2D eigenvalue weighted by molar-refractivity contribution is 0.0693. The second-order valence-corrected chi connectivity index (χ2v) is 10.5. The molecule has 2 aliphatic carbocycles. The Bertz CT molecular complexity index is 2050. The van der Waals surface area contributed by atoms with Gasteiger partial charge in [0.2, 0.25) is 5.78 Å². The number of phenolic OH excluding ortho intramolecular Hbond substituents is 3. The van der Waals surface area contributed by atoms with Gasteiger partial charge in [0, 0.05) is 38.9 Å². The van der Waals surface area contributed by atoms with Crippen molar-refractivity contribution >= 4 is 29.7 Å². The van der Waals surface area contributed by atoms with Crippen LogP contribution in [0.3, 0.4) is 0 Å². The quantitative estimate of drug-likeness (QED) is 0.126. The summed E-state index contributed by atoms with van der Waals surface area (Å²) < 4.78 is 5.59. The maximum absolute atomic E-state index is 13.7. The molecule has 45 heavy (non-hydrogen) atoms. The summed E-state index contributed by atoms with van der Waals surface area (Å²) in [5.41, 5.74) is 0.950. The minimum absolute atomic E-state index is 0.0153. The molecule has 0 unspecified atom stereocenters. The Balaban J connectivity index is 1.53. The molecule has 12 heteroatoms. The molecule has 4 aromatic carbocycles. The number of fused-ring (bicyclic) bond motifs is 5. The first-order valence-electron chi connectivity index (χ1n) is 13.6. The summed E-state index contributed by atoms with van der Waals surface area (Å²) in [6, 6.07) is 10.7. The fourth-order valence-corrected chi connectivity index (χ4v) is 5.98. The van der Waals surface area contributed by atoms with E-state index in [0.29, 0.717) is 11.1 Å². The largest absolute Gasteiger partial charge is 0.508 e. The Hall–Kier alpha value is -6.17. The van der Waals surface area contributed by atoms with Gasteiger partial charge in [-0.05, 0) is 49.6 Å². The molecule has 0 saturated heterocycles. The van der Waals surface area contributed by atoms with Crippen molar-refractivity contribution in [2.45, 2.75) is 19.8 Å². The second kappa shape index (κ2) is 10.5. The van der Waals surface area contributed by atoms with Crippen LogP contribution in [0.25, 0.3) is 11.1 Å². The van der Waals surface area contributed by atoms with E-state index in [0.717, 1.165) is 12.3 Å². The van der Waals surface area contributed by atoms with Gasteiger partial charge in [-0.25, -0.2) is 10.2 Å². The van der Waals surface area contributed by atoms with Crippen LogP contribution < -0.4 is 10.2 Å². The number of carbonyl (C=O) groups excluding carboxylic acids is 3. The summed E-state index contributed by atoms with van der Waals surface area (Å²) in [5, 5.41) is 57.9. The Morgan fingerprint density at radius 1 is 0.867 bits per heavy atom. The summed E-state index contributed by atoms with van der Waals surface area (Å²) >= 11 is 0. The van der Waals surface area contributed by atoms with E-state index >= 15 is 0 Å². The molecular weight excluding hydrogens is 584 g/mol. The van der Waals surface area contributed by atoms with Crippen molar-refractivity contribution in [1.29, 1.82) is 0 Å². The van der Waals surface area contributed by atoms with Gasteiger partial charge in [-0.15, -0.1) is 0 Å². The van der Waals surface area contributed by atoms with Gasteiger partial charge in [0.1, 0.15) is 34.3 Å². The van der Waals surface area contributed by atoms with Gasteiger partial charge in [-0.2, -0.15) is 5.10 Å². The van der Waals surface area contributed by atoms with Crippen molar-refractivity contribution < 1.29 is 49.4 Å². The minimum Gasteiger partial charge on any atom is -0.508 e. The van der Waals surface area contributed by atoms with Crippen LogP contribution in [0, 0.1) is 6.92 Å². The lowest BCUT2D eigenvalue weighted by Crippen LogP contribution is -2.24. The highest BCUT2D eigenvalue weighted by molar-refractivity contribution is 6.32. The molecule has 6 rings (SSSR count). The molecule has 0 aliphatic heterocycles. The molecule has 12 nitrogen and oxygen atoms in total. The SMILES string of the molecule is COc1c2c(c(O)c3c1C(=O)c1c(cc(O)c(C)c1O)C3=O)-c1c(cc(/C=N\NC(=O)c3ccccc3)c(C(=O)O)c1O)CC2. The fraction of sp³-hybridized carbons (Fsp3) is 0.121. The molecule has 0 spiro atoms. The average molecular weight is 609 g/mol. The molecule has 226 valence electrons. The Labute approximate surface area is 254 Å². The lowest BCUT2D eigenvalue weighted by atomic mass is 9.74. The number of hydrogen-bond acceptors (Lipinski definition) is 10. The Morgan fingerprint density at radius 3 is 2.24 bits per heavy atom. The molecule has 2 aliphatic rings. The maximum Gasteiger partial charge on any atom is 0.340 e. The summed E-state index contributed by atoms with van der Waals surface area (Å²) in [7, 11) is 1.25. The molecule has 0 radical (unpaired) electrons. The Morgan fingerprint density at radius 2 is 1.58 bits per heavy atom. The predicted octanol–water partition coefficient (Wildman–Crippen LogP) is 3.83. The van der Waals surface area contributed by atoms with E-state index in [1.807, 2.05) is 0 Å². The molecule has 0 heterocycles. The van der Waals surface area contributed by atoms with Crippen LogP contribution in [0.5, 0.6) is 28.7 Å². The average Bonchev–Trinajstić information content (AvgIpc) is 3.02. The molecule has 0 bridgehead atoms. The van der Waals surface area contributed by atoms with Crippen LogP contribution in [-0.4, -0.2) is 62.3 Å². The monoisotopic (exact) mass is 608 g/mol. The first kappa shape index (κ1) is 28.9. The van der Waals surface area contributed by atoms with Crippen LogP contribution in [0.4, 0.5) is 0 Å². The third-order valence-electron chi connectivity index (χ3n) is 8.11. The fourth-order valence-electron chi connectivity index (χ4n) is 5.98. The van der Waals surface area contributed by atoms with Gasteiger partial charge >= 0.3 is 5.97 Å². The minimum atomic E-state index is -1.54. The number of nitrogens with one attached hydrogen (secondary N) is 1. The summed E-state index contributed by atoms with van der Waals surface area (Å²) in [6.07, 6.45) is 1.42. The highest BCUT2D eigenvalue weighted by Crippen LogP contribution is 2.54. The Kier molecular flexibility index (Phi) is 6.76. The number of carboxylic acids is 1. The van der Waals surface area contributed by atoms with E-state index < -0.39 is 57.6 Å². The van der Waals surface area contributed by atoms with Crippen molar-refractivity contribution in [2.75, 3.05) is 7.11 Å². The number of hydrazone groups is 1. The summed E-state index contributed by atoms with van der Waals surface area (Å²) in [4.78, 5) is 52.2. The first-order chi connectivity index (χ1) is 21.5. The number of benzene rings is 4. The van der Waals surface area contributed by atoms with Crippen molar-refractivity contribution in [3.05, 3.63) is 98.1 Å². The van der Waals surface area contributed by atoms with Crippen molar-refractivity contribution in [3.63, 3.8) is 0 Å². The third-order valence-corrected chi connectivity index (χ3v) is 8.11. The zero-order valence-electron chi connectivity index (χ0n) is 23.8. The predicted molar refractivity (Wildman–Crippen MR) is 159 cm³/mol. The number of amides is 1. The van der Waals surface area contributed by atoms with E-state index in [1.54, 1.807) is 30.3 Å². The molecule has 0 fully saturated rings. The topological polar surface area (TPSA) is 203 Å². The van der Waals surface area contributed by atoms with Gasteiger partial charge in [-0.1, -0.05) is 18.2 Å². The van der Waals surface area contributed by atoms with Crippen LogP contribution in [0.15, 0.2) is 47.6 Å². The van der Waals surface area contributed by atoms with Gasteiger partial charge in [0.05, 0.1) is 30.0 Å². The maximum atomic E-state index is 13.7. The number of carboxylic acid groups (broad SMARTS) is 1. The van der Waals surface area contributed by atoms with Crippen LogP contribution >= 0.6 is 0 Å². The van der Waals surface area contributed by atoms with E-state index in [9.17, 15) is 44.7 Å². The molecule has 1 amide bonds. The molecule has 0 atom stereocenters. The molecule has 0 aromatic heterocycles. The van der Waals surface area contributed by atoms with Gasteiger partial charge in [-0.3, -0.25) is 14.4 Å². The number of aromatic hydroxyl groups is 4. The van der Waals surface area contributed by atoms with E-state index in [1.165, 1.54) is 20.1 Å². The normalized spacial score (nSPS) is 13.1. The number of aromatic carboxylic acids is 1. The van der Waals surface area contributed by atoms with Crippen LogP contribution in [0.1, 0.15) is 74.8 Å². The highest BCUT2D eigenvalue weighted by atomic mass is 16.5. The van der Waals surface area contributed by atoms with Gasteiger partial charge in [0.25, 0.3) is 5.91 Å². The molecular formula is C33H24N2O10. The van der Waals surface area contributed by atoms with E-state index in [-0.39, 0.29) is 63.1 Å². The molecule has 0 saturated carbocycles.